The summed E-state index contributed by atoms with van der Waals surface area (Å²) in [5.41, 5.74) is 8.09. The smallest absolute Gasteiger partial charge is 0.242 e. The zero-order chi connectivity index (χ0) is 21.1. The lowest BCUT2D eigenvalue weighted by molar-refractivity contribution is 0.404. The molecule has 3 N–H and O–H groups in total. The van der Waals surface area contributed by atoms with Gasteiger partial charge in [-0.1, -0.05) is 93.6 Å². The third-order valence-electron chi connectivity index (χ3n) is 4.96. The Morgan fingerprint density at radius 2 is 1.28 bits per heavy atom. The van der Waals surface area contributed by atoms with Gasteiger partial charge >= 0.3 is 0 Å². The van der Waals surface area contributed by atoms with Crippen molar-refractivity contribution in [2.75, 3.05) is 0 Å². The van der Waals surface area contributed by atoms with E-state index < -0.39 is 15.7 Å². The van der Waals surface area contributed by atoms with Crippen LogP contribution in [0.15, 0.2) is 89.8 Å². The van der Waals surface area contributed by atoms with E-state index in [1.165, 1.54) is 0 Å². The predicted molar refractivity (Wildman–Crippen MR) is 118 cm³/mol. The van der Waals surface area contributed by atoms with Crippen molar-refractivity contribution in [1.82, 2.24) is 4.72 Å². The van der Waals surface area contributed by atoms with Gasteiger partial charge in [-0.3, -0.25) is 0 Å². The van der Waals surface area contributed by atoms with Gasteiger partial charge in [0.25, 0.3) is 0 Å². The minimum absolute atomic E-state index is 0.0509. The van der Waals surface area contributed by atoms with Gasteiger partial charge in [-0.25, -0.2) is 8.42 Å². The molecule has 0 aliphatic rings. The molecule has 1 atom stereocenters. The van der Waals surface area contributed by atoms with Crippen LogP contribution in [0.2, 0.25) is 0 Å². The zero-order valence-electron chi connectivity index (χ0n) is 17.1. The van der Waals surface area contributed by atoms with Crippen molar-refractivity contribution in [2.45, 2.75) is 43.2 Å². The summed E-state index contributed by atoms with van der Waals surface area (Å²) >= 11 is 0. The van der Waals surface area contributed by atoms with E-state index in [0.717, 1.165) is 11.1 Å². The zero-order valence-corrected chi connectivity index (χ0v) is 17.9. The Labute approximate surface area is 173 Å². The monoisotopic (exact) mass is 408 g/mol. The van der Waals surface area contributed by atoms with E-state index in [0.29, 0.717) is 12.0 Å². The molecule has 5 heteroatoms. The lowest BCUT2D eigenvalue weighted by atomic mass is 9.87. The number of rotatable bonds is 6. The Hall–Kier alpha value is -2.47. The minimum Gasteiger partial charge on any atom is -0.308 e. The maximum atomic E-state index is 13.2. The van der Waals surface area contributed by atoms with E-state index in [1.54, 1.807) is 12.1 Å². The number of nitrogens with one attached hydrogen (secondary N) is 1. The lowest BCUT2D eigenvalue weighted by Crippen LogP contribution is -2.54. The van der Waals surface area contributed by atoms with E-state index in [-0.39, 0.29) is 10.3 Å². The van der Waals surface area contributed by atoms with E-state index in [2.05, 4.69) is 25.5 Å². The molecule has 152 valence electrons. The van der Waals surface area contributed by atoms with Crippen LogP contribution >= 0.6 is 0 Å². The first-order valence-corrected chi connectivity index (χ1v) is 11.1. The summed E-state index contributed by atoms with van der Waals surface area (Å²) in [5.74, 6) is 0. The highest BCUT2D eigenvalue weighted by molar-refractivity contribution is 7.89. The van der Waals surface area contributed by atoms with E-state index in [1.807, 2.05) is 72.8 Å². The molecule has 1 unspecified atom stereocenters. The Kier molecular flexibility index (Phi) is 5.94. The Balaban J connectivity index is 1.96. The van der Waals surface area contributed by atoms with Crippen LogP contribution in [0.4, 0.5) is 0 Å². The number of nitrogens with two attached hydrogens (primary N) is 1. The molecule has 3 aromatic carbocycles. The minimum atomic E-state index is -3.82. The number of sulfonamides is 1. The molecule has 29 heavy (non-hydrogen) atoms. The van der Waals surface area contributed by atoms with Gasteiger partial charge in [-0.2, -0.15) is 4.72 Å². The summed E-state index contributed by atoms with van der Waals surface area (Å²) < 4.78 is 29.1. The van der Waals surface area contributed by atoms with Gasteiger partial charge in [0.2, 0.25) is 10.0 Å². The molecule has 0 fully saturated rings. The van der Waals surface area contributed by atoms with Crippen LogP contribution in [0.1, 0.15) is 37.5 Å². The number of benzene rings is 3. The third kappa shape index (κ3) is 5.12. The molecule has 4 nitrogen and oxygen atoms in total. The van der Waals surface area contributed by atoms with Crippen molar-refractivity contribution in [3.05, 3.63) is 102 Å². The van der Waals surface area contributed by atoms with Gasteiger partial charge in [0.05, 0.1) is 4.90 Å². The quantitative estimate of drug-likeness (QED) is 0.597. The normalized spacial score (nSPS) is 14.3. The highest BCUT2D eigenvalue weighted by atomic mass is 32.2. The summed E-state index contributed by atoms with van der Waals surface area (Å²) in [6, 6.07) is 25.9. The molecule has 3 aromatic rings. The second-order valence-corrected chi connectivity index (χ2v) is 10.1. The van der Waals surface area contributed by atoms with Crippen LogP contribution in [-0.2, 0) is 27.5 Å². The molecule has 0 bridgehead atoms. The van der Waals surface area contributed by atoms with Crippen molar-refractivity contribution >= 4 is 10.0 Å². The molecule has 0 aromatic heterocycles. The first-order chi connectivity index (χ1) is 13.6. The van der Waals surface area contributed by atoms with Crippen molar-refractivity contribution in [2.24, 2.45) is 5.73 Å². The fourth-order valence-corrected chi connectivity index (χ4v) is 4.57. The van der Waals surface area contributed by atoms with Gasteiger partial charge in [-0.05, 0) is 34.2 Å². The van der Waals surface area contributed by atoms with Crippen LogP contribution in [0.3, 0.4) is 0 Å². The van der Waals surface area contributed by atoms with Crippen LogP contribution in [0.5, 0.6) is 0 Å². The largest absolute Gasteiger partial charge is 0.308 e. The van der Waals surface area contributed by atoms with Crippen molar-refractivity contribution < 1.29 is 8.42 Å². The molecular weight excluding hydrogens is 380 g/mol. The van der Waals surface area contributed by atoms with Gasteiger partial charge in [0.15, 0.2) is 0 Å². The molecular formula is C24H28N2O2S. The summed E-state index contributed by atoms with van der Waals surface area (Å²) in [6.45, 7) is 6.28. The van der Waals surface area contributed by atoms with Gasteiger partial charge in [0, 0.05) is 6.42 Å². The average Bonchev–Trinajstić information content (AvgIpc) is 2.68. The van der Waals surface area contributed by atoms with Gasteiger partial charge in [-0.15, -0.1) is 0 Å². The number of hydrogen-bond donors (Lipinski definition) is 2. The Morgan fingerprint density at radius 3 is 1.79 bits per heavy atom. The second-order valence-electron chi connectivity index (χ2n) is 8.38. The highest BCUT2D eigenvalue weighted by Gasteiger charge is 2.33. The average molecular weight is 409 g/mol. The summed E-state index contributed by atoms with van der Waals surface area (Å²) in [5, 5.41) is 0. The maximum absolute atomic E-state index is 13.2. The highest BCUT2D eigenvalue weighted by Crippen LogP contribution is 2.26. The predicted octanol–water partition coefficient (Wildman–Crippen LogP) is 4.32. The lowest BCUT2D eigenvalue weighted by Gasteiger charge is -2.31. The third-order valence-corrected chi connectivity index (χ3v) is 6.49. The fraction of sp³-hybridized carbons (Fsp3) is 0.250. The fourth-order valence-electron chi connectivity index (χ4n) is 3.28. The molecule has 0 saturated carbocycles. The van der Waals surface area contributed by atoms with Crippen molar-refractivity contribution in [3.8, 4) is 0 Å². The summed E-state index contributed by atoms with van der Waals surface area (Å²) in [6.07, 6.45) is 0.331. The molecule has 0 spiro atoms. The molecule has 0 aliphatic heterocycles. The molecule has 0 amide bonds. The molecule has 0 radical (unpaired) electrons. The van der Waals surface area contributed by atoms with Gasteiger partial charge < -0.3 is 5.73 Å². The first-order valence-electron chi connectivity index (χ1n) is 9.63. The maximum Gasteiger partial charge on any atom is 0.242 e. The molecule has 3 rings (SSSR count). The van der Waals surface area contributed by atoms with Crippen LogP contribution in [0, 0.1) is 0 Å². The molecule has 0 heterocycles. The SMILES string of the molecule is CC(C)(C)c1ccc(S(=O)(=O)NC(N)(Cc2ccccc2)c2ccccc2)cc1. The van der Waals surface area contributed by atoms with Crippen LogP contribution in [-0.4, -0.2) is 8.42 Å². The molecule has 0 aliphatic carbocycles. The van der Waals surface area contributed by atoms with Crippen LogP contribution < -0.4 is 10.5 Å². The van der Waals surface area contributed by atoms with Crippen molar-refractivity contribution in [3.63, 3.8) is 0 Å². The van der Waals surface area contributed by atoms with Gasteiger partial charge in [0.1, 0.15) is 5.66 Å². The van der Waals surface area contributed by atoms with E-state index >= 15 is 0 Å². The molecule has 0 saturated heterocycles. The first kappa shape index (κ1) is 21.2. The number of hydrogen-bond acceptors (Lipinski definition) is 3. The van der Waals surface area contributed by atoms with Crippen molar-refractivity contribution in [1.29, 1.82) is 0 Å². The second kappa shape index (κ2) is 8.11. The van der Waals surface area contributed by atoms with E-state index in [4.69, 9.17) is 5.73 Å². The Morgan fingerprint density at radius 1 is 0.759 bits per heavy atom. The van der Waals surface area contributed by atoms with E-state index in [9.17, 15) is 8.42 Å². The standard InChI is InChI=1S/C24H28N2O2S/c1-23(2,3)20-14-16-22(17-15-20)29(27,28)26-24(25,21-12-8-5-9-13-21)18-19-10-6-4-7-11-19/h4-17,26H,18,25H2,1-3H3. The summed E-state index contributed by atoms with van der Waals surface area (Å²) in [7, 11) is -3.82. The topological polar surface area (TPSA) is 72.2 Å². The van der Waals surface area contributed by atoms with Crippen LogP contribution in [0.25, 0.3) is 0 Å². The summed E-state index contributed by atoms with van der Waals surface area (Å²) in [4.78, 5) is 0.198. The Bertz CT molecular complexity index is 1040.